The normalized spacial score (nSPS) is 16.0. The monoisotopic (exact) mass is 417 g/mol. The smallest absolute Gasteiger partial charge is 0.337 e. The van der Waals surface area contributed by atoms with E-state index in [1.165, 1.54) is 25.3 Å². The van der Waals surface area contributed by atoms with Crippen molar-refractivity contribution in [1.82, 2.24) is 14.9 Å². The van der Waals surface area contributed by atoms with Crippen molar-refractivity contribution in [2.75, 3.05) is 20.3 Å². The van der Waals surface area contributed by atoms with Crippen molar-refractivity contribution in [2.45, 2.75) is 51.2 Å². The Labute approximate surface area is 173 Å². The Bertz CT molecular complexity index is 1020. The van der Waals surface area contributed by atoms with Crippen LogP contribution in [0.25, 0.3) is 10.9 Å². The first-order valence-corrected chi connectivity index (χ1v) is 10.2. The quantitative estimate of drug-likeness (QED) is 0.469. The first-order chi connectivity index (χ1) is 14.5. The summed E-state index contributed by atoms with van der Waals surface area (Å²) in [6.45, 7) is 1.58. The molecule has 30 heavy (non-hydrogen) atoms. The topological polar surface area (TPSA) is 119 Å². The predicted octanol–water partition coefficient (Wildman–Crippen LogP) is 1.33. The molecule has 0 spiro atoms. The molecular formula is C21H27N3O6. The highest BCUT2D eigenvalue weighted by Gasteiger charge is 2.16. The zero-order valence-electron chi connectivity index (χ0n) is 17.1. The summed E-state index contributed by atoms with van der Waals surface area (Å²) in [6.07, 6.45) is 4.57. The number of amides is 1. The van der Waals surface area contributed by atoms with E-state index in [2.05, 4.69) is 15.0 Å². The second kappa shape index (κ2) is 10.2. The number of aromatic amines is 1. The molecule has 1 aliphatic heterocycles. The van der Waals surface area contributed by atoms with Crippen molar-refractivity contribution in [3.05, 3.63) is 44.6 Å². The number of unbranched alkanes of at least 4 members (excludes halogenated alkanes) is 2. The van der Waals surface area contributed by atoms with Gasteiger partial charge >= 0.3 is 11.7 Å². The van der Waals surface area contributed by atoms with Gasteiger partial charge in [-0.3, -0.25) is 14.2 Å². The Morgan fingerprint density at radius 2 is 2.10 bits per heavy atom. The van der Waals surface area contributed by atoms with Crippen LogP contribution < -0.4 is 16.6 Å². The lowest BCUT2D eigenvalue weighted by molar-refractivity contribution is -0.121. The molecule has 1 amide bonds. The van der Waals surface area contributed by atoms with Gasteiger partial charge < -0.3 is 19.8 Å². The van der Waals surface area contributed by atoms with Gasteiger partial charge in [0.05, 0.1) is 29.7 Å². The maximum atomic E-state index is 12.6. The minimum absolute atomic E-state index is 0.00682. The second-order valence-corrected chi connectivity index (χ2v) is 7.39. The van der Waals surface area contributed by atoms with E-state index < -0.39 is 17.2 Å². The lowest BCUT2D eigenvalue weighted by Crippen LogP contribution is -2.35. The molecule has 1 aromatic heterocycles. The van der Waals surface area contributed by atoms with E-state index in [1.807, 2.05) is 0 Å². The second-order valence-electron chi connectivity index (χ2n) is 7.39. The van der Waals surface area contributed by atoms with E-state index in [1.54, 1.807) is 0 Å². The molecule has 0 radical (unpaired) electrons. The van der Waals surface area contributed by atoms with Gasteiger partial charge in [-0.2, -0.15) is 0 Å². The van der Waals surface area contributed by atoms with Gasteiger partial charge in [-0.1, -0.05) is 6.42 Å². The van der Waals surface area contributed by atoms with Gasteiger partial charge in [0.15, 0.2) is 0 Å². The molecule has 1 fully saturated rings. The third-order valence-corrected chi connectivity index (χ3v) is 5.24. The molecule has 1 saturated heterocycles. The molecule has 2 N–H and O–H groups in total. The lowest BCUT2D eigenvalue weighted by Gasteiger charge is -2.10. The minimum atomic E-state index is -0.540. The largest absolute Gasteiger partial charge is 0.465 e. The van der Waals surface area contributed by atoms with Crippen LogP contribution in [0.15, 0.2) is 27.8 Å². The number of methoxy groups -OCH3 is 1. The van der Waals surface area contributed by atoms with Crippen LogP contribution >= 0.6 is 0 Å². The van der Waals surface area contributed by atoms with E-state index >= 15 is 0 Å². The van der Waals surface area contributed by atoms with Crippen molar-refractivity contribution >= 4 is 22.8 Å². The van der Waals surface area contributed by atoms with Crippen LogP contribution in [0.4, 0.5) is 0 Å². The number of carbonyl (C=O) groups is 2. The highest BCUT2D eigenvalue weighted by molar-refractivity contribution is 5.93. The van der Waals surface area contributed by atoms with E-state index in [0.29, 0.717) is 36.7 Å². The van der Waals surface area contributed by atoms with Crippen LogP contribution in [-0.2, 0) is 20.8 Å². The number of aromatic nitrogens is 2. The molecule has 9 nitrogen and oxygen atoms in total. The molecule has 1 atom stereocenters. The highest BCUT2D eigenvalue weighted by Crippen LogP contribution is 2.11. The summed E-state index contributed by atoms with van der Waals surface area (Å²) in [5.74, 6) is -0.547. The summed E-state index contributed by atoms with van der Waals surface area (Å²) in [4.78, 5) is 51.1. The first-order valence-electron chi connectivity index (χ1n) is 10.2. The molecule has 2 aromatic rings. The Kier molecular flexibility index (Phi) is 7.40. The van der Waals surface area contributed by atoms with Crippen LogP contribution in [-0.4, -0.2) is 47.8 Å². The molecule has 9 heteroatoms. The third-order valence-electron chi connectivity index (χ3n) is 5.24. The summed E-state index contributed by atoms with van der Waals surface area (Å²) in [5, 5.41) is 3.21. The Balaban J connectivity index is 1.50. The highest BCUT2D eigenvalue weighted by atomic mass is 16.5. The van der Waals surface area contributed by atoms with E-state index in [-0.39, 0.29) is 24.1 Å². The van der Waals surface area contributed by atoms with Gasteiger partial charge in [-0.25, -0.2) is 9.59 Å². The maximum Gasteiger partial charge on any atom is 0.337 e. The molecular weight excluding hydrogens is 390 g/mol. The Morgan fingerprint density at radius 3 is 2.83 bits per heavy atom. The number of ether oxygens (including phenoxy) is 2. The van der Waals surface area contributed by atoms with Crippen molar-refractivity contribution in [3.63, 3.8) is 0 Å². The fourth-order valence-corrected chi connectivity index (χ4v) is 3.56. The number of fused-ring (bicyclic) bond motifs is 1. The first kappa shape index (κ1) is 21.8. The average Bonchev–Trinajstić information content (AvgIpc) is 3.26. The molecule has 0 aliphatic carbocycles. The molecule has 1 aromatic carbocycles. The molecule has 1 unspecified atom stereocenters. The van der Waals surface area contributed by atoms with Gasteiger partial charge in [-0.15, -0.1) is 0 Å². The van der Waals surface area contributed by atoms with Crippen LogP contribution in [0.1, 0.15) is 48.9 Å². The van der Waals surface area contributed by atoms with E-state index in [0.717, 1.165) is 30.4 Å². The van der Waals surface area contributed by atoms with Crippen LogP contribution in [0.2, 0.25) is 0 Å². The van der Waals surface area contributed by atoms with Gasteiger partial charge in [0, 0.05) is 26.1 Å². The van der Waals surface area contributed by atoms with Crippen LogP contribution in [0, 0.1) is 0 Å². The number of hydrogen-bond donors (Lipinski definition) is 2. The van der Waals surface area contributed by atoms with Gasteiger partial charge in [0.25, 0.3) is 5.56 Å². The standard InChI is InChI=1S/C21H27N3O6/c1-29-20(27)14-8-9-16-17(12-14)23-21(28)24(19(16)26)10-4-2-3-7-18(25)22-13-15-6-5-11-30-15/h8-9,12,15H,2-7,10-11,13H2,1H3,(H,22,25)(H,23,28). The summed E-state index contributed by atoms with van der Waals surface area (Å²) in [7, 11) is 1.26. The van der Waals surface area contributed by atoms with Gasteiger partial charge in [0.2, 0.25) is 5.91 Å². The third kappa shape index (κ3) is 5.35. The number of nitrogens with one attached hydrogen (secondary N) is 2. The fraction of sp³-hybridized carbons (Fsp3) is 0.524. The number of carbonyl (C=O) groups excluding carboxylic acids is 2. The molecule has 2 heterocycles. The average molecular weight is 417 g/mol. The predicted molar refractivity (Wildman–Crippen MR) is 111 cm³/mol. The number of nitrogens with zero attached hydrogens (tertiary/aromatic N) is 1. The van der Waals surface area contributed by atoms with Crippen molar-refractivity contribution in [3.8, 4) is 0 Å². The summed E-state index contributed by atoms with van der Waals surface area (Å²) in [5.41, 5.74) is -0.370. The SMILES string of the molecule is COC(=O)c1ccc2c(=O)n(CCCCCC(=O)NCC3CCCO3)c(=O)[nH]c2c1. The fourth-order valence-electron chi connectivity index (χ4n) is 3.56. The van der Waals surface area contributed by atoms with Crippen molar-refractivity contribution in [2.24, 2.45) is 0 Å². The Hall–Kier alpha value is -2.94. The molecule has 3 rings (SSSR count). The zero-order valence-corrected chi connectivity index (χ0v) is 17.1. The summed E-state index contributed by atoms with van der Waals surface area (Å²) in [6, 6.07) is 4.44. The Morgan fingerprint density at radius 1 is 1.27 bits per heavy atom. The number of rotatable bonds is 9. The van der Waals surface area contributed by atoms with Gasteiger partial charge in [0.1, 0.15) is 0 Å². The van der Waals surface area contributed by atoms with Gasteiger partial charge in [-0.05, 0) is 43.9 Å². The van der Waals surface area contributed by atoms with E-state index in [9.17, 15) is 19.2 Å². The number of hydrogen-bond acceptors (Lipinski definition) is 6. The van der Waals surface area contributed by atoms with Crippen molar-refractivity contribution in [1.29, 1.82) is 0 Å². The molecule has 0 saturated carbocycles. The maximum absolute atomic E-state index is 12.6. The number of benzene rings is 1. The number of esters is 1. The number of H-pyrrole nitrogens is 1. The summed E-state index contributed by atoms with van der Waals surface area (Å²) < 4.78 is 11.3. The van der Waals surface area contributed by atoms with Crippen LogP contribution in [0.3, 0.4) is 0 Å². The summed E-state index contributed by atoms with van der Waals surface area (Å²) >= 11 is 0. The minimum Gasteiger partial charge on any atom is -0.465 e. The zero-order chi connectivity index (χ0) is 21.5. The molecule has 0 bridgehead atoms. The van der Waals surface area contributed by atoms with E-state index in [4.69, 9.17) is 4.74 Å². The van der Waals surface area contributed by atoms with Crippen LogP contribution in [0.5, 0.6) is 0 Å². The molecule has 162 valence electrons. The molecule has 1 aliphatic rings. The van der Waals surface area contributed by atoms with Crippen molar-refractivity contribution < 1.29 is 19.1 Å². The lowest BCUT2D eigenvalue weighted by atomic mass is 10.1.